The fourth-order valence-electron chi connectivity index (χ4n) is 11.9. The maximum Gasteiger partial charge on any atom is 0.407 e. The fraction of sp³-hybridized carbons (Fsp3) is 0.733. The highest BCUT2D eigenvalue weighted by Gasteiger charge is 2.54. The van der Waals surface area contributed by atoms with E-state index >= 15 is 4.79 Å². The molecule has 22 heteroatoms. The third-order valence-electron chi connectivity index (χ3n) is 16.7. The van der Waals surface area contributed by atoms with Gasteiger partial charge in [0.05, 0.1) is 50.2 Å². The van der Waals surface area contributed by atoms with Gasteiger partial charge >= 0.3 is 18.2 Å². The number of hydrogen-bond acceptors (Lipinski definition) is 19. The molecular weight excluding hydrogens is 1060 g/mol. The molecule has 0 aromatic heterocycles. The van der Waals surface area contributed by atoms with Crippen molar-refractivity contribution in [1.29, 1.82) is 0 Å². The van der Waals surface area contributed by atoms with Gasteiger partial charge in [0.1, 0.15) is 34.9 Å². The summed E-state index contributed by atoms with van der Waals surface area (Å²) in [4.78, 5) is 58.6. The lowest BCUT2D eigenvalue weighted by Gasteiger charge is -2.49. The number of rotatable bonds is 19. The second-order valence-electron chi connectivity index (χ2n) is 23.7. The molecule has 3 fully saturated rings. The summed E-state index contributed by atoms with van der Waals surface area (Å²) in [5.41, 5.74) is -3.58. The lowest BCUT2D eigenvalue weighted by Crippen LogP contribution is -2.61. The van der Waals surface area contributed by atoms with Crippen molar-refractivity contribution >= 4 is 24.1 Å². The Morgan fingerprint density at radius 3 is 1.95 bits per heavy atom. The van der Waals surface area contributed by atoms with Crippen molar-refractivity contribution < 1.29 is 81.9 Å². The molecule has 3 heterocycles. The number of carbonyl (C=O) groups excluding carboxylic acids is 4. The Morgan fingerprint density at radius 2 is 1.37 bits per heavy atom. The van der Waals surface area contributed by atoms with Gasteiger partial charge in [-0.25, -0.2) is 9.59 Å². The van der Waals surface area contributed by atoms with Crippen LogP contribution in [0.4, 0.5) is 9.59 Å². The Kier molecular flexibility index (Phi) is 25.1. The van der Waals surface area contributed by atoms with E-state index in [4.69, 9.17) is 47.4 Å². The lowest BCUT2D eigenvalue weighted by atomic mass is 9.77. The van der Waals surface area contributed by atoms with E-state index in [-0.39, 0.29) is 56.3 Å². The van der Waals surface area contributed by atoms with Crippen LogP contribution in [0, 0.1) is 17.8 Å². The number of likely N-dealkylation sites (N-methyl/N-ethyl adjacent to an activating group) is 2. The third-order valence-corrected chi connectivity index (χ3v) is 16.7. The lowest BCUT2D eigenvalue weighted by molar-refractivity contribution is -0.317. The minimum Gasteiger partial charge on any atom is -0.497 e. The molecule has 6 N–H and O–H groups in total. The van der Waals surface area contributed by atoms with Crippen LogP contribution < -0.4 is 25.4 Å². The Morgan fingerprint density at radius 1 is 0.780 bits per heavy atom. The summed E-state index contributed by atoms with van der Waals surface area (Å²) in [5.74, 6) is -2.01. The number of alkyl carbamates (subject to hydrolysis) is 2. The molecule has 464 valence electrons. The molecule has 3 aliphatic heterocycles. The molecule has 3 saturated heterocycles. The number of esters is 1. The maximum atomic E-state index is 15.0. The van der Waals surface area contributed by atoms with Crippen molar-refractivity contribution in [3.8, 4) is 11.5 Å². The van der Waals surface area contributed by atoms with E-state index in [1.54, 1.807) is 92.2 Å². The molecule has 18 atom stereocenters. The van der Waals surface area contributed by atoms with Crippen molar-refractivity contribution in [2.24, 2.45) is 17.8 Å². The van der Waals surface area contributed by atoms with E-state index in [1.165, 1.54) is 14.0 Å². The van der Waals surface area contributed by atoms with Crippen molar-refractivity contribution in [1.82, 2.24) is 25.8 Å². The van der Waals surface area contributed by atoms with Crippen molar-refractivity contribution in [3.05, 3.63) is 59.7 Å². The van der Waals surface area contributed by atoms with Gasteiger partial charge in [-0.1, -0.05) is 32.9 Å². The van der Waals surface area contributed by atoms with Gasteiger partial charge in [-0.15, -0.1) is 0 Å². The van der Waals surface area contributed by atoms with Crippen LogP contribution in [-0.4, -0.2) is 202 Å². The van der Waals surface area contributed by atoms with E-state index in [0.29, 0.717) is 49.4 Å². The molecule has 3 aliphatic rings. The Bertz CT molecular complexity index is 2330. The predicted molar refractivity (Wildman–Crippen MR) is 305 cm³/mol. The quantitative estimate of drug-likeness (QED) is 0.0552. The van der Waals surface area contributed by atoms with Gasteiger partial charge in [-0.3, -0.25) is 14.5 Å². The van der Waals surface area contributed by atoms with Crippen LogP contribution >= 0.6 is 0 Å². The summed E-state index contributed by atoms with van der Waals surface area (Å²) >= 11 is 0. The van der Waals surface area contributed by atoms with Crippen molar-refractivity contribution in [2.45, 2.75) is 205 Å². The number of nitrogens with zero attached hydrogens (tertiary/aromatic N) is 2. The predicted octanol–water partition coefficient (Wildman–Crippen LogP) is 5.80. The Labute approximate surface area is 485 Å². The van der Waals surface area contributed by atoms with Gasteiger partial charge in [-0.05, 0) is 150 Å². The second-order valence-corrected chi connectivity index (χ2v) is 23.7. The summed E-state index contributed by atoms with van der Waals surface area (Å²) in [6, 6.07) is 12.9. The number of carbonyl (C=O) groups is 4. The number of amides is 3. The largest absolute Gasteiger partial charge is 0.497 e. The molecule has 82 heavy (non-hydrogen) atoms. The highest BCUT2D eigenvalue weighted by molar-refractivity contribution is 5.94. The molecule has 0 saturated carbocycles. The molecule has 0 bridgehead atoms. The SMILES string of the molecule is CC[C@H]1OC(=O)[C@H](C)[C@@H](O[C@H]2C[C@@](C)(OC)[C@@H](OC(=O)NCCCCNC(=O)c3ccc(OC)cc3)[C@H](C)O2)[C@H](C)[C@@H](O[C@@H]2O[C@H](C)C[C@H](N(C)C)[C@H]2O)[C@](C)(O)C[C@@H](C)CN(C)[C@H](C)[C@@H](OC(=O)NCc2ccc(OC)cc2)[C@]1(C)O. The van der Waals surface area contributed by atoms with E-state index in [0.717, 1.165) is 5.56 Å². The average Bonchev–Trinajstić information content (AvgIpc) is 3.49. The van der Waals surface area contributed by atoms with E-state index in [1.807, 2.05) is 63.8 Å². The zero-order valence-corrected chi connectivity index (χ0v) is 51.3. The van der Waals surface area contributed by atoms with Crippen LogP contribution in [0.25, 0.3) is 0 Å². The first-order chi connectivity index (χ1) is 38.6. The number of cyclic esters (lactones) is 1. The van der Waals surface area contributed by atoms with Crippen LogP contribution in [0.15, 0.2) is 48.5 Å². The molecule has 2 aromatic carbocycles. The van der Waals surface area contributed by atoms with Crippen molar-refractivity contribution in [3.63, 3.8) is 0 Å². The zero-order chi connectivity index (χ0) is 60.9. The summed E-state index contributed by atoms with van der Waals surface area (Å²) in [6.45, 7) is 18.6. The molecule has 0 aliphatic carbocycles. The first-order valence-corrected chi connectivity index (χ1v) is 28.9. The van der Waals surface area contributed by atoms with Crippen LogP contribution in [-0.2, 0) is 49.2 Å². The van der Waals surface area contributed by atoms with E-state index in [2.05, 4.69) is 16.0 Å². The minimum absolute atomic E-state index is 0.00612. The van der Waals surface area contributed by atoms with Gasteiger partial charge in [-0.2, -0.15) is 0 Å². The van der Waals surface area contributed by atoms with Crippen LogP contribution in [0.1, 0.15) is 124 Å². The molecular formula is C60H97N5O17. The molecule has 2 aromatic rings. The standard InChI is InChI=1S/C60H97N5O17/c1-17-46-60(10,72)51(81-57(70)63-33-41-20-24-43(73-14)25-21-41)39(6)65(13)34-35(2)31-58(8,71)50(80-55-48(66)45(64(11)12)30-36(3)76-55)37(4)49(38(5)54(68)78-46)79-47-32-59(9,75-16)52(40(7)77-47)82-56(69)62-29-19-18-28-61-53(67)42-22-26-44(74-15)27-23-42/h20-27,35-40,45-52,55,66,71-72H,17-19,28-34H2,1-16H3,(H,61,67)(H,62,69)(H,63,70)/t35-,36-,37+,38-,39-,40+,45+,46-,47+,48-,49+,50-,51-,52+,55+,58-,59-,60-/m1/s1. The average molecular weight is 1160 g/mol. The molecule has 22 nitrogen and oxygen atoms in total. The van der Waals surface area contributed by atoms with E-state index in [9.17, 15) is 29.7 Å². The zero-order valence-electron chi connectivity index (χ0n) is 51.3. The number of hydrogen-bond donors (Lipinski definition) is 6. The minimum atomic E-state index is -1.97. The van der Waals surface area contributed by atoms with Gasteiger partial charge in [0.15, 0.2) is 24.8 Å². The summed E-state index contributed by atoms with van der Waals surface area (Å²) < 4.78 is 61.8. The summed E-state index contributed by atoms with van der Waals surface area (Å²) in [6.07, 6.45) is -9.95. The first-order valence-electron chi connectivity index (χ1n) is 28.9. The van der Waals surface area contributed by atoms with Gasteiger partial charge in [0, 0.05) is 63.3 Å². The van der Waals surface area contributed by atoms with Gasteiger partial charge in [0.2, 0.25) is 0 Å². The fourth-order valence-corrected chi connectivity index (χ4v) is 11.9. The van der Waals surface area contributed by atoms with Crippen LogP contribution in [0.5, 0.6) is 11.5 Å². The monoisotopic (exact) mass is 1160 g/mol. The molecule has 5 rings (SSSR count). The number of benzene rings is 2. The third kappa shape index (κ3) is 17.8. The molecule has 3 amide bonds. The van der Waals surface area contributed by atoms with Crippen LogP contribution in [0.2, 0.25) is 0 Å². The molecule has 0 radical (unpaired) electrons. The Hall–Kier alpha value is -4.88. The highest BCUT2D eigenvalue weighted by atomic mass is 16.7. The topological polar surface area (TPSA) is 264 Å². The maximum absolute atomic E-state index is 15.0. The number of unbranched alkanes of at least 4 members (excludes halogenated alkanes) is 1. The number of aliphatic hydroxyl groups is 3. The first kappa shape index (κ1) is 67.9. The number of ether oxygens (including phenoxy) is 10. The number of methoxy groups -OCH3 is 3. The normalized spacial score (nSPS) is 35.3. The van der Waals surface area contributed by atoms with Gasteiger partial charge in [0.25, 0.3) is 5.91 Å². The summed E-state index contributed by atoms with van der Waals surface area (Å²) in [5, 5.41) is 46.0. The van der Waals surface area contributed by atoms with E-state index < -0.39 is 108 Å². The van der Waals surface area contributed by atoms with Crippen molar-refractivity contribution in [2.75, 3.05) is 62.1 Å². The molecule has 0 unspecified atom stereocenters. The van der Waals surface area contributed by atoms with Crippen LogP contribution in [0.3, 0.4) is 0 Å². The Balaban J connectivity index is 1.42. The summed E-state index contributed by atoms with van der Waals surface area (Å²) in [7, 11) is 10.2. The molecule has 0 spiro atoms. The smallest absolute Gasteiger partial charge is 0.407 e. The highest BCUT2D eigenvalue weighted by Crippen LogP contribution is 2.41. The number of aliphatic hydroxyl groups excluding tert-OH is 1. The second kappa shape index (κ2) is 30.3. The number of nitrogens with one attached hydrogen (secondary N) is 3. The van der Waals surface area contributed by atoms with Gasteiger partial charge < -0.3 is 83.5 Å².